The van der Waals surface area contributed by atoms with Crippen LogP contribution in [0.15, 0.2) is 48.7 Å². The summed E-state index contributed by atoms with van der Waals surface area (Å²) in [5, 5.41) is 3.86. The van der Waals surface area contributed by atoms with Gasteiger partial charge in [0.05, 0.1) is 5.69 Å². The fraction of sp³-hybridized carbons (Fsp3) is 0.476. The number of aryl methyl sites for hydroxylation is 1. The van der Waals surface area contributed by atoms with Crippen molar-refractivity contribution in [1.29, 1.82) is 0 Å². The normalized spacial score (nSPS) is 17.8. The van der Waals surface area contributed by atoms with Crippen LogP contribution in [0.4, 0.5) is 0 Å². The molecule has 24 heavy (non-hydrogen) atoms. The van der Waals surface area contributed by atoms with Crippen molar-refractivity contribution >= 4 is 0 Å². The van der Waals surface area contributed by atoms with Crippen LogP contribution >= 0.6 is 0 Å². The van der Waals surface area contributed by atoms with Crippen molar-refractivity contribution in [3.63, 3.8) is 0 Å². The molecule has 0 unspecified atom stereocenters. The molecule has 1 aliphatic heterocycles. The summed E-state index contributed by atoms with van der Waals surface area (Å²) in [4.78, 5) is 7.18. The molecule has 2 heterocycles. The second-order valence-electron chi connectivity index (χ2n) is 6.87. The summed E-state index contributed by atoms with van der Waals surface area (Å²) in [6, 6.07) is 15.9. The molecule has 128 valence electrons. The number of aromatic nitrogens is 1. The molecule has 0 spiro atoms. The van der Waals surface area contributed by atoms with Gasteiger partial charge in [0, 0.05) is 24.8 Å². The maximum absolute atomic E-state index is 4.61. The van der Waals surface area contributed by atoms with Crippen LogP contribution in [-0.2, 0) is 6.54 Å². The maximum Gasteiger partial charge on any atom is 0.0602 e. The molecule has 3 rings (SSSR count). The van der Waals surface area contributed by atoms with Crippen molar-refractivity contribution < 1.29 is 0 Å². The Labute approximate surface area is 146 Å². The zero-order valence-corrected chi connectivity index (χ0v) is 14.9. The van der Waals surface area contributed by atoms with Crippen molar-refractivity contribution in [2.75, 3.05) is 13.1 Å². The molecular formula is C21H29N3. The zero-order chi connectivity index (χ0) is 16.8. The second-order valence-corrected chi connectivity index (χ2v) is 6.87. The van der Waals surface area contributed by atoms with E-state index in [9.17, 15) is 0 Å². The van der Waals surface area contributed by atoms with Crippen LogP contribution in [0.2, 0.25) is 0 Å². The van der Waals surface area contributed by atoms with Crippen molar-refractivity contribution in [3.05, 3.63) is 65.5 Å². The molecule has 3 heteroatoms. The van der Waals surface area contributed by atoms with Crippen LogP contribution in [0, 0.1) is 6.92 Å². The fourth-order valence-electron chi connectivity index (χ4n) is 3.64. The van der Waals surface area contributed by atoms with Gasteiger partial charge in [0.1, 0.15) is 0 Å². The van der Waals surface area contributed by atoms with Crippen molar-refractivity contribution in [2.24, 2.45) is 0 Å². The number of rotatable bonds is 6. The van der Waals surface area contributed by atoms with Crippen molar-refractivity contribution in [3.8, 4) is 0 Å². The van der Waals surface area contributed by atoms with Gasteiger partial charge in [-0.25, -0.2) is 0 Å². The number of piperidine rings is 1. The Morgan fingerprint density at radius 1 is 1.12 bits per heavy atom. The van der Waals surface area contributed by atoms with E-state index < -0.39 is 0 Å². The first-order valence-corrected chi connectivity index (χ1v) is 9.20. The Balaban J connectivity index is 1.52. The highest BCUT2D eigenvalue weighted by molar-refractivity contribution is 5.21. The molecule has 0 bridgehead atoms. The molecule has 2 aromatic rings. The number of hydrogen-bond donors (Lipinski definition) is 1. The smallest absolute Gasteiger partial charge is 0.0602 e. The number of likely N-dealkylation sites (tertiary alicyclic amines) is 1. The van der Waals surface area contributed by atoms with Crippen LogP contribution in [0.25, 0.3) is 0 Å². The van der Waals surface area contributed by atoms with Gasteiger partial charge in [0.15, 0.2) is 0 Å². The first-order valence-electron chi connectivity index (χ1n) is 9.20. The lowest BCUT2D eigenvalue weighted by molar-refractivity contribution is 0.183. The summed E-state index contributed by atoms with van der Waals surface area (Å²) in [6.07, 6.45) is 5.43. The molecule has 0 amide bonds. The van der Waals surface area contributed by atoms with Gasteiger partial charge < -0.3 is 5.32 Å². The summed E-state index contributed by atoms with van der Waals surface area (Å²) in [7, 11) is 0. The third kappa shape index (κ3) is 4.43. The van der Waals surface area contributed by atoms with Crippen LogP contribution in [0.3, 0.4) is 0 Å². The topological polar surface area (TPSA) is 28.2 Å². The van der Waals surface area contributed by atoms with Gasteiger partial charge in [-0.2, -0.15) is 0 Å². The predicted octanol–water partition coefficient (Wildman–Crippen LogP) is 4.10. The Hall–Kier alpha value is -1.71. The first-order chi connectivity index (χ1) is 11.8. The molecule has 1 aliphatic rings. The van der Waals surface area contributed by atoms with Gasteiger partial charge in [-0.15, -0.1) is 0 Å². The average Bonchev–Trinajstić information content (AvgIpc) is 2.63. The molecule has 0 aliphatic carbocycles. The Kier molecular flexibility index (Phi) is 6.00. The number of hydrogen-bond acceptors (Lipinski definition) is 3. The third-order valence-electron chi connectivity index (χ3n) is 5.06. The highest BCUT2D eigenvalue weighted by Gasteiger charge is 2.23. The minimum atomic E-state index is 0.372. The SMILES string of the molecule is CC[C@H](NC1CCN(Cc2ccccc2)CC1)c1ncccc1C. The van der Waals surface area contributed by atoms with Gasteiger partial charge in [-0.3, -0.25) is 9.88 Å². The molecule has 0 radical (unpaired) electrons. The van der Waals surface area contributed by atoms with E-state index in [0.29, 0.717) is 12.1 Å². The zero-order valence-electron chi connectivity index (χ0n) is 14.9. The number of nitrogens with one attached hydrogen (secondary N) is 1. The predicted molar refractivity (Wildman–Crippen MR) is 99.9 cm³/mol. The maximum atomic E-state index is 4.61. The van der Waals surface area contributed by atoms with Gasteiger partial charge in [-0.1, -0.05) is 43.3 Å². The lowest BCUT2D eigenvalue weighted by Crippen LogP contribution is -2.43. The molecule has 1 atom stereocenters. The Bertz CT molecular complexity index is 618. The summed E-state index contributed by atoms with van der Waals surface area (Å²) in [6.45, 7) is 7.82. The summed E-state index contributed by atoms with van der Waals surface area (Å²) >= 11 is 0. The molecule has 0 saturated carbocycles. The van der Waals surface area contributed by atoms with E-state index in [2.05, 4.69) is 65.4 Å². The Morgan fingerprint density at radius 2 is 1.88 bits per heavy atom. The van der Waals surface area contributed by atoms with Crippen LogP contribution in [-0.4, -0.2) is 29.0 Å². The van der Waals surface area contributed by atoms with Crippen molar-refractivity contribution in [1.82, 2.24) is 15.2 Å². The molecule has 1 fully saturated rings. The fourth-order valence-corrected chi connectivity index (χ4v) is 3.64. The number of pyridine rings is 1. The van der Waals surface area contributed by atoms with Crippen LogP contribution in [0.5, 0.6) is 0 Å². The van der Waals surface area contributed by atoms with E-state index in [1.54, 1.807) is 0 Å². The molecule has 1 aromatic heterocycles. The van der Waals surface area contributed by atoms with Gasteiger partial charge in [0.25, 0.3) is 0 Å². The molecule has 1 aromatic carbocycles. The van der Waals surface area contributed by atoms with Crippen LogP contribution < -0.4 is 5.32 Å². The van der Waals surface area contributed by atoms with Crippen molar-refractivity contribution in [2.45, 2.75) is 51.7 Å². The van der Waals surface area contributed by atoms with Gasteiger partial charge in [-0.05, 0) is 56.5 Å². The first kappa shape index (κ1) is 17.1. The van der Waals surface area contributed by atoms with E-state index >= 15 is 0 Å². The van der Waals surface area contributed by atoms with Gasteiger partial charge >= 0.3 is 0 Å². The van der Waals surface area contributed by atoms with Crippen LogP contribution in [0.1, 0.15) is 49.0 Å². The quantitative estimate of drug-likeness (QED) is 0.867. The highest BCUT2D eigenvalue weighted by Crippen LogP contribution is 2.22. The van der Waals surface area contributed by atoms with E-state index in [1.165, 1.54) is 42.8 Å². The number of benzene rings is 1. The molecule has 3 nitrogen and oxygen atoms in total. The van der Waals surface area contributed by atoms with E-state index in [1.807, 2.05) is 12.3 Å². The van der Waals surface area contributed by atoms with E-state index in [0.717, 1.165) is 13.0 Å². The van der Waals surface area contributed by atoms with E-state index in [4.69, 9.17) is 0 Å². The lowest BCUT2D eigenvalue weighted by atomic mass is 9.99. The minimum absolute atomic E-state index is 0.372. The highest BCUT2D eigenvalue weighted by atomic mass is 15.1. The summed E-state index contributed by atoms with van der Waals surface area (Å²) in [5.41, 5.74) is 3.92. The summed E-state index contributed by atoms with van der Waals surface area (Å²) in [5.74, 6) is 0. The minimum Gasteiger partial charge on any atom is -0.306 e. The number of nitrogens with zero attached hydrogens (tertiary/aromatic N) is 2. The largest absolute Gasteiger partial charge is 0.306 e. The van der Waals surface area contributed by atoms with E-state index in [-0.39, 0.29) is 0 Å². The monoisotopic (exact) mass is 323 g/mol. The van der Waals surface area contributed by atoms with Gasteiger partial charge in [0.2, 0.25) is 0 Å². The second kappa shape index (κ2) is 8.41. The molecular weight excluding hydrogens is 294 g/mol. The summed E-state index contributed by atoms with van der Waals surface area (Å²) < 4.78 is 0. The average molecular weight is 323 g/mol. The third-order valence-corrected chi connectivity index (χ3v) is 5.06. The Morgan fingerprint density at radius 3 is 2.54 bits per heavy atom. The standard InChI is InChI=1S/C21H29N3/c1-3-20(21-17(2)8-7-13-22-21)23-19-11-14-24(15-12-19)16-18-9-5-4-6-10-18/h4-10,13,19-20,23H,3,11-12,14-16H2,1-2H3/t20-/m0/s1. The lowest BCUT2D eigenvalue weighted by Gasteiger charge is -2.34. The molecule has 1 N–H and O–H groups in total. The molecule has 1 saturated heterocycles.